The number of rotatable bonds is 8. The molecule has 0 spiro atoms. The average molecular weight is 268 g/mol. The van der Waals surface area contributed by atoms with Gasteiger partial charge in [-0.05, 0) is 37.8 Å². The van der Waals surface area contributed by atoms with Crippen LogP contribution in [-0.4, -0.2) is 48.1 Å². The molecule has 5 heteroatoms. The van der Waals surface area contributed by atoms with Gasteiger partial charge in [-0.1, -0.05) is 19.4 Å². The van der Waals surface area contributed by atoms with Crippen LogP contribution in [0.5, 0.6) is 0 Å². The van der Waals surface area contributed by atoms with Gasteiger partial charge in [0.05, 0.1) is 6.54 Å². The number of hydrogen-bond donors (Lipinski definition) is 2. The third-order valence-electron chi connectivity index (χ3n) is 3.59. The number of carbonyl (C=O) groups is 2. The van der Waals surface area contributed by atoms with Gasteiger partial charge >= 0.3 is 5.97 Å². The van der Waals surface area contributed by atoms with Crippen molar-refractivity contribution in [2.45, 2.75) is 32.1 Å². The van der Waals surface area contributed by atoms with Crippen LogP contribution in [-0.2, 0) is 9.59 Å². The Kier molecular flexibility index (Phi) is 7.18. The van der Waals surface area contributed by atoms with Crippen molar-refractivity contribution in [2.24, 2.45) is 5.92 Å². The summed E-state index contributed by atoms with van der Waals surface area (Å²) in [7, 11) is 0. The first-order valence-corrected chi connectivity index (χ1v) is 6.97. The number of carboxylic acids is 1. The normalized spacial score (nSPS) is 16.3. The Morgan fingerprint density at radius 2 is 2.00 bits per heavy atom. The van der Waals surface area contributed by atoms with Crippen LogP contribution >= 0.6 is 0 Å². The van der Waals surface area contributed by atoms with E-state index in [1.54, 1.807) is 0 Å². The Labute approximate surface area is 114 Å². The van der Waals surface area contributed by atoms with Crippen LogP contribution in [0.4, 0.5) is 0 Å². The summed E-state index contributed by atoms with van der Waals surface area (Å²) in [5, 5.41) is 11.4. The average Bonchev–Trinajstić information content (AvgIpc) is 2.42. The molecule has 0 saturated carbocycles. The molecule has 0 unspecified atom stereocenters. The van der Waals surface area contributed by atoms with E-state index in [0.717, 1.165) is 45.3 Å². The van der Waals surface area contributed by atoms with Crippen molar-refractivity contribution < 1.29 is 14.7 Å². The van der Waals surface area contributed by atoms with Gasteiger partial charge in [0.2, 0.25) is 5.91 Å². The van der Waals surface area contributed by atoms with Crippen molar-refractivity contribution in [3.63, 3.8) is 0 Å². The highest BCUT2D eigenvalue weighted by molar-refractivity contribution is 5.87. The van der Waals surface area contributed by atoms with E-state index in [-0.39, 0.29) is 12.5 Å². The summed E-state index contributed by atoms with van der Waals surface area (Å²) in [6, 6.07) is 0. The SMILES string of the molecule is C=CC(=O)N1CCC(CCCCNCC(=O)O)CC1. The summed E-state index contributed by atoms with van der Waals surface area (Å²) in [4.78, 5) is 23.6. The van der Waals surface area contributed by atoms with Gasteiger partial charge in [-0.2, -0.15) is 0 Å². The molecule has 1 heterocycles. The van der Waals surface area contributed by atoms with Crippen molar-refractivity contribution in [3.8, 4) is 0 Å². The van der Waals surface area contributed by atoms with E-state index in [0.29, 0.717) is 5.92 Å². The predicted molar refractivity (Wildman–Crippen MR) is 73.9 cm³/mol. The number of hydrogen-bond acceptors (Lipinski definition) is 3. The van der Waals surface area contributed by atoms with Gasteiger partial charge in [-0.3, -0.25) is 9.59 Å². The fourth-order valence-electron chi connectivity index (χ4n) is 2.45. The van der Waals surface area contributed by atoms with Gasteiger partial charge in [-0.15, -0.1) is 0 Å². The van der Waals surface area contributed by atoms with Crippen LogP contribution < -0.4 is 5.32 Å². The maximum atomic E-state index is 11.4. The maximum Gasteiger partial charge on any atom is 0.317 e. The van der Waals surface area contributed by atoms with Crippen molar-refractivity contribution in [1.82, 2.24) is 10.2 Å². The minimum absolute atomic E-state index is 0.0383. The van der Waals surface area contributed by atoms with E-state index in [4.69, 9.17) is 5.11 Å². The van der Waals surface area contributed by atoms with Gasteiger partial charge in [0.1, 0.15) is 0 Å². The molecule has 1 aliphatic heterocycles. The van der Waals surface area contributed by atoms with Crippen molar-refractivity contribution >= 4 is 11.9 Å². The van der Waals surface area contributed by atoms with Crippen molar-refractivity contribution in [3.05, 3.63) is 12.7 Å². The fourth-order valence-corrected chi connectivity index (χ4v) is 2.45. The van der Waals surface area contributed by atoms with Gasteiger partial charge in [0, 0.05) is 13.1 Å². The van der Waals surface area contributed by atoms with Gasteiger partial charge in [0.15, 0.2) is 0 Å². The van der Waals surface area contributed by atoms with E-state index in [2.05, 4.69) is 11.9 Å². The second-order valence-electron chi connectivity index (χ2n) is 5.04. The molecule has 1 saturated heterocycles. The van der Waals surface area contributed by atoms with Crippen LogP contribution in [0, 0.1) is 5.92 Å². The minimum atomic E-state index is -0.806. The number of carboxylic acid groups (broad SMARTS) is 1. The smallest absolute Gasteiger partial charge is 0.317 e. The topological polar surface area (TPSA) is 69.6 Å². The second-order valence-corrected chi connectivity index (χ2v) is 5.04. The lowest BCUT2D eigenvalue weighted by Gasteiger charge is -2.31. The van der Waals surface area contributed by atoms with Crippen LogP contribution in [0.3, 0.4) is 0 Å². The summed E-state index contributed by atoms with van der Waals surface area (Å²) in [5.74, 6) is -0.0658. The molecule has 2 N–H and O–H groups in total. The first-order valence-electron chi connectivity index (χ1n) is 6.97. The molecule has 0 aliphatic carbocycles. The van der Waals surface area contributed by atoms with Crippen LogP contribution in [0.2, 0.25) is 0 Å². The van der Waals surface area contributed by atoms with Crippen molar-refractivity contribution in [1.29, 1.82) is 0 Å². The van der Waals surface area contributed by atoms with Gasteiger partial charge < -0.3 is 15.3 Å². The molecule has 1 rings (SSSR count). The lowest BCUT2D eigenvalue weighted by Crippen LogP contribution is -2.37. The molecule has 0 aromatic rings. The van der Waals surface area contributed by atoms with Gasteiger partial charge in [0.25, 0.3) is 0 Å². The Morgan fingerprint density at radius 3 is 2.58 bits per heavy atom. The predicted octanol–water partition coefficient (Wildman–Crippen LogP) is 1.26. The third kappa shape index (κ3) is 6.38. The zero-order valence-corrected chi connectivity index (χ0v) is 11.4. The maximum absolute atomic E-state index is 11.4. The van der Waals surface area contributed by atoms with Crippen LogP contribution in [0.25, 0.3) is 0 Å². The Hall–Kier alpha value is -1.36. The number of piperidine rings is 1. The minimum Gasteiger partial charge on any atom is -0.480 e. The number of amides is 1. The van der Waals surface area contributed by atoms with E-state index >= 15 is 0 Å². The zero-order chi connectivity index (χ0) is 14.1. The largest absolute Gasteiger partial charge is 0.480 e. The second kappa shape index (κ2) is 8.69. The monoisotopic (exact) mass is 268 g/mol. The van der Waals surface area contributed by atoms with E-state index < -0.39 is 5.97 Å². The number of carbonyl (C=O) groups excluding carboxylic acids is 1. The highest BCUT2D eigenvalue weighted by Crippen LogP contribution is 2.22. The number of aliphatic carboxylic acids is 1. The van der Waals surface area contributed by atoms with Crippen LogP contribution in [0.1, 0.15) is 32.1 Å². The third-order valence-corrected chi connectivity index (χ3v) is 3.59. The summed E-state index contributed by atoms with van der Waals surface area (Å²) in [5.41, 5.74) is 0. The van der Waals surface area contributed by atoms with E-state index in [1.165, 1.54) is 12.5 Å². The van der Waals surface area contributed by atoms with E-state index in [1.807, 2.05) is 4.90 Å². The molecule has 0 bridgehead atoms. The van der Waals surface area contributed by atoms with Crippen molar-refractivity contribution in [2.75, 3.05) is 26.2 Å². The summed E-state index contributed by atoms with van der Waals surface area (Å²) < 4.78 is 0. The number of nitrogens with zero attached hydrogens (tertiary/aromatic N) is 1. The number of likely N-dealkylation sites (tertiary alicyclic amines) is 1. The first-order chi connectivity index (χ1) is 9.13. The number of unbranched alkanes of at least 4 members (excludes halogenated alkanes) is 1. The molecule has 1 aliphatic rings. The fraction of sp³-hybridized carbons (Fsp3) is 0.714. The highest BCUT2D eigenvalue weighted by atomic mass is 16.4. The van der Waals surface area contributed by atoms with E-state index in [9.17, 15) is 9.59 Å². The van der Waals surface area contributed by atoms with Crippen LogP contribution in [0.15, 0.2) is 12.7 Å². The summed E-state index contributed by atoms with van der Waals surface area (Å²) in [6.45, 7) is 5.99. The molecule has 0 aromatic heterocycles. The number of nitrogens with one attached hydrogen (secondary N) is 1. The molecule has 0 radical (unpaired) electrons. The quantitative estimate of drug-likeness (QED) is 0.513. The molecule has 1 amide bonds. The zero-order valence-electron chi connectivity index (χ0n) is 11.4. The molecule has 0 atom stereocenters. The lowest BCUT2D eigenvalue weighted by atomic mass is 9.91. The molecular weight excluding hydrogens is 244 g/mol. The lowest BCUT2D eigenvalue weighted by molar-refractivity contribution is -0.136. The Morgan fingerprint density at radius 1 is 1.32 bits per heavy atom. The Bertz CT molecular complexity index is 310. The first kappa shape index (κ1) is 15.7. The highest BCUT2D eigenvalue weighted by Gasteiger charge is 2.20. The van der Waals surface area contributed by atoms with Gasteiger partial charge in [-0.25, -0.2) is 0 Å². The molecule has 19 heavy (non-hydrogen) atoms. The molecule has 1 fully saturated rings. The molecular formula is C14H24N2O3. The summed E-state index contributed by atoms with van der Waals surface area (Å²) >= 11 is 0. The summed E-state index contributed by atoms with van der Waals surface area (Å²) in [6.07, 6.45) is 6.83. The Balaban J connectivity index is 2.02. The molecule has 5 nitrogen and oxygen atoms in total. The standard InChI is InChI=1S/C14H24N2O3/c1-2-13(17)16-9-6-12(7-10-16)5-3-4-8-15-11-14(18)19/h2,12,15H,1,3-11H2,(H,18,19). The molecule has 0 aromatic carbocycles. The molecule has 108 valence electrons.